The summed E-state index contributed by atoms with van der Waals surface area (Å²) in [7, 11) is -3.13. The molecule has 0 aliphatic rings. The Kier molecular flexibility index (Phi) is 4.68. The summed E-state index contributed by atoms with van der Waals surface area (Å²) < 4.78 is 20.3. The van der Waals surface area contributed by atoms with Crippen molar-refractivity contribution in [3.63, 3.8) is 0 Å². The molecule has 0 spiro atoms. The van der Waals surface area contributed by atoms with E-state index in [-0.39, 0.29) is 0 Å². The molecule has 124 valence electrons. The molecule has 0 atom stereocenters. The van der Waals surface area contributed by atoms with Crippen LogP contribution in [0.4, 0.5) is 0 Å². The lowest BCUT2D eigenvalue weighted by molar-refractivity contribution is 0.613. The Morgan fingerprint density at radius 2 is 0.840 bits per heavy atom. The minimum absolute atomic E-state index is 0.847. The van der Waals surface area contributed by atoms with Crippen molar-refractivity contribution in [3.8, 4) is 0 Å². The van der Waals surface area contributed by atoms with E-state index in [1.807, 2.05) is 0 Å². The van der Waals surface area contributed by atoms with Crippen molar-refractivity contribution in [2.24, 2.45) is 0 Å². The number of sulfone groups is 1. The third kappa shape index (κ3) is 3.78. The minimum atomic E-state index is -3.13. The van der Waals surface area contributed by atoms with Crippen molar-refractivity contribution in [1.29, 1.82) is 0 Å². The van der Waals surface area contributed by atoms with Crippen LogP contribution in [-0.2, 0) is 9.84 Å². The van der Waals surface area contributed by atoms with Gasteiger partial charge in [0.15, 0.2) is 9.84 Å². The maximum Gasteiger partial charge on any atom is 0.191 e. The maximum atomic E-state index is 10.1. The van der Waals surface area contributed by atoms with E-state index in [4.69, 9.17) is 0 Å². The smallest absolute Gasteiger partial charge is 0.191 e. The van der Waals surface area contributed by atoms with E-state index < -0.39 is 9.84 Å². The van der Waals surface area contributed by atoms with E-state index in [1.54, 1.807) is 0 Å². The SMILES string of the molecule is C=CS(=O)(=O)C=C.c1ccc2cc3cc4ccccc4cc3cc2c1. The van der Waals surface area contributed by atoms with Crippen molar-refractivity contribution >= 4 is 42.2 Å². The zero-order valence-electron chi connectivity index (χ0n) is 13.7. The van der Waals surface area contributed by atoms with Crippen LogP contribution in [0.3, 0.4) is 0 Å². The van der Waals surface area contributed by atoms with E-state index in [1.165, 1.54) is 32.3 Å². The zero-order chi connectivity index (χ0) is 17.9. The van der Waals surface area contributed by atoms with Crippen LogP contribution >= 0.6 is 0 Å². The minimum Gasteiger partial charge on any atom is -0.220 e. The molecular weight excluding hydrogens is 328 g/mol. The molecule has 25 heavy (non-hydrogen) atoms. The summed E-state index contributed by atoms with van der Waals surface area (Å²) in [5, 5.41) is 9.54. The quantitative estimate of drug-likeness (QED) is 0.428. The lowest BCUT2D eigenvalue weighted by atomic mass is 10.00. The summed E-state index contributed by atoms with van der Waals surface area (Å²) in [6.07, 6.45) is 0. The molecule has 0 N–H and O–H groups in total. The van der Waals surface area contributed by atoms with Crippen LogP contribution in [0.15, 0.2) is 96.8 Å². The normalized spacial score (nSPS) is 11.0. The standard InChI is InChI=1S/C18H12.C4H6O2S/c1-2-6-14-10-18-12-16-8-4-3-7-15(16)11-17(18)9-13(14)5-1;1-3-7(5,6)4-2/h1-12H;3-4H,1-2H2. The Morgan fingerprint density at radius 1 is 0.560 bits per heavy atom. The van der Waals surface area contributed by atoms with Crippen molar-refractivity contribution in [2.45, 2.75) is 0 Å². The average Bonchev–Trinajstić information content (AvgIpc) is 2.65. The Morgan fingerprint density at radius 3 is 1.04 bits per heavy atom. The van der Waals surface area contributed by atoms with E-state index in [0.717, 1.165) is 10.8 Å². The number of hydrogen-bond acceptors (Lipinski definition) is 2. The number of fused-ring (bicyclic) bond motifs is 3. The second kappa shape index (κ2) is 6.91. The van der Waals surface area contributed by atoms with Crippen LogP contribution in [-0.4, -0.2) is 8.42 Å². The van der Waals surface area contributed by atoms with Gasteiger partial charge in [-0.05, 0) is 56.6 Å². The summed E-state index contributed by atoms with van der Waals surface area (Å²) in [6, 6.07) is 26.2. The van der Waals surface area contributed by atoms with Gasteiger partial charge >= 0.3 is 0 Å². The van der Waals surface area contributed by atoms with Crippen LogP contribution in [0.5, 0.6) is 0 Å². The van der Waals surface area contributed by atoms with Gasteiger partial charge in [0, 0.05) is 10.8 Å². The van der Waals surface area contributed by atoms with Gasteiger partial charge in [0.1, 0.15) is 0 Å². The Hall–Kier alpha value is -2.91. The van der Waals surface area contributed by atoms with Gasteiger partial charge in [0.05, 0.1) is 0 Å². The lowest BCUT2D eigenvalue weighted by Crippen LogP contribution is -1.83. The molecule has 4 aromatic rings. The number of hydrogen-bond donors (Lipinski definition) is 0. The molecular formula is C22H18O2S. The van der Waals surface area contributed by atoms with Crippen molar-refractivity contribution in [2.75, 3.05) is 0 Å². The molecule has 3 heteroatoms. The van der Waals surface area contributed by atoms with Gasteiger partial charge in [-0.2, -0.15) is 0 Å². The second-order valence-corrected chi connectivity index (χ2v) is 7.51. The molecule has 0 saturated heterocycles. The van der Waals surface area contributed by atoms with Crippen LogP contribution in [0, 0.1) is 0 Å². The summed E-state index contributed by atoms with van der Waals surface area (Å²) in [5.41, 5.74) is 0. The Labute approximate surface area is 147 Å². The van der Waals surface area contributed by atoms with Crippen LogP contribution in [0.1, 0.15) is 0 Å². The predicted octanol–water partition coefficient (Wildman–Crippen LogP) is 5.83. The lowest BCUT2D eigenvalue weighted by Gasteiger charge is -2.04. The fraction of sp³-hybridized carbons (Fsp3) is 0. The molecule has 0 aliphatic heterocycles. The largest absolute Gasteiger partial charge is 0.220 e. The van der Waals surface area contributed by atoms with E-state index in [0.29, 0.717) is 0 Å². The summed E-state index contributed by atoms with van der Waals surface area (Å²) >= 11 is 0. The van der Waals surface area contributed by atoms with Crippen molar-refractivity contribution in [3.05, 3.63) is 96.8 Å². The molecule has 0 bridgehead atoms. The van der Waals surface area contributed by atoms with Crippen LogP contribution in [0.2, 0.25) is 0 Å². The molecule has 0 saturated carbocycles. The monoisotopic (exact) mass is 346 g/mol. The van der Waals surface area contributed by atoms with E-state index >= 15 is 0 Å². The molecule has 0 amide bonds. The van der Waals surface area contributed by atoms with Gasteiger partial charge in [0.2, 0.25) is 0 Å². The topological polar surface area (TPSA) is 34.1 Å². The highest BCUT2D eigenvalue weighted by molar-refractivity contribution is 7.97. The third-order valence-electron chi connectivity index (χ3n) is 4.03. The van der Waals surface area contributed by atoms with Gasteiger partial charge in [-0.15, -0.1) is 0 Å². The number of rotatable bonds is 2. The molecule has 2 nitrogen and oxygen atoms in total. The van der Waals surface area contributed by atoms with Crippen molar-refractivity contribution in [1.82, 2.24) is 0 Å². The predicted molar refractivity (Wildman–Crippen MR) is 108 cm³/mol. The van der Waals surface area contributed by atoms with Gasteiger partial charge in [-0.3, -0.25) is 0 Å². The Bertz CT molecular complexity index is 1030. The van der Waals surface area contributed by atoms with E-state index in [9.17, 15) is 8.42 Å². The fourth-order valence-corrected chi connectivity index (χ4v) is 2.84. The fourth-order valence-electron chi connectivity index (χ4n) is 2.70. The highest BCUT2D eigenvalue weighted by atomic mass is 32.2. The first-order valence-corrected chi connectivity index (χ1v) is 9.44. The van der Waals surface area contributed by atoms with E-state index in [2.05, 4.69) is 86.0 Å². The Balaban J connectivity index is 0.000000225. The first kappa shape index (κ1) is 16.9. The highest BCUT2D eigenvalue weighted by Crippen LogP contribution is 2.27. The molecule has 0 fully saturated rings. The van der Waals surface area contributed by atoms with Gasteiger partial charge in [-0.1, -0.05) is 61.7 Å². The van der Waals surface area contributed by atoms with Crippen molar-refractivity contribution < 1.29 is 8.42 Å². The van der Waals surface area contributed by atoms with Crippen LogP contribution < -0.4 is 0 Å². The molecule has 0 radical (unpaired) electrons. The number of benzene rings is 4. The molecule has 0 heterocycles. The van der Waals surface area contributed by atoms with Crippen LogP contribution in [0.25, 0.3) is 32.3 Å². The van der Waals surface area contributed by atoms with Gasteiger partial charge in [0.25, 0.3) is 0 Å². The van der Waals surface area contributed by atoms with Gasteiger partial charge in [-0.25, -0.2) is 8.42 Å². The summed E-state index contributed by atoms with van der Waals surface area (Å²) in [5.74, 6) is 0. The molecule has 0 aliphatic carbocycles. The average molecular weight is 346 g/mol. The first-order chi connectivity index (χ1) is 12.0. The first-order valence-electron chi connectivity index (χ1n) is 7.84. The molecule has 4 rings (SSSR count). The maximum absolute atomic E-state index is 10.1. The highest BCUT2D eigenvalue weighted by Gasteiger charge is 2.00. The summed E-state index contributed by atoms with van der Waals surface area (Å²) in [6.45, 7) is 6.09. The summed E-state index contributed by atoms with van der Waals surface area (Å²) in [4.78, 5) is 0. The third-order valence-corrected chi connectivity index (χ3v) is 4.96. The molecule has 0 unspecified atom stereocenters. The van der Waals surface area contributed by atoms with Gasteiger partial charge < -0.3 is 0 Å². The molecule has 4 aromatic carbocycles. The zero-order valence-corrected chi connectivity index (χ0v) is 14.5. The second-order valence-electron chi connectivity index (χ2n) is 5.67. The molecule has 0 aromatic heterocycles.